The molecule has 4 rings (SSSR count). The van der Waals surface area contributed by atoms with Gasteiger partial charge in [-0.05, 0) is 111 Å². The van der Waals surface area contributed by atoms with E-state index in [1.807, 2.05) is 0 Å². The summed E-state index contributed by atoms with van der Waals surface area (Å²) in [5, 5.41) is 32.6. The first-order valence-corrected chi connectivity index (χ1v) is 11.7. The Labute approximate surface area is 198 Å². The molecule has 4 fully saturated rings. The normalized spacial score (nSPS) is 49.9. The maximum Gasteiger partial charge on any atom is 1.00 e. The van der Waals surface area contributed by atoms with Gasteiger partial charge in [0, 0.05) is 5.97 Å². The van der Waals surface area contributed by atoms with Crippen LogP contribution in [0.1, 0.15) is 85.0 Å². The van der Waals surface area contributed by atoms with Crippen LogP contribution in [0.5, 0.6) is 0 Å². The molecule has 4 aliphatic rings. The largest absolute Gasteiger partial charge is 1.00 e. The molecule has 0 bridgehead atoms. The Morgan fingerprint density at radius 1 is 1.07 bits per heavy atom. The third-order valence-electron chi connectivity index (χ3n) is 10.3. The number of carboxylic acid groups (broad SMARTS) is 1. The Kier molecular flexibility index (Phi) is 7.24. The molecule has 0 heterocycles. The first-order valence-electron chi connectivity index (χ1n) is 11.7. The molecular weight excluding hydrogens is 375 g/mol. The first kappa shape index (κ1) is 24.0. The number of aliphatic hydroxyl groups excluding tert-OH is 2. The summed E-state index contributed by atoms with van der Waals surface area (Å²) < 4.78 is 0. The van der Waals surface area contributed by atoms with Crippen LogP contribution in [0.25, 0.3) is 0 Å². The minimum Gasteiger partial charge on any atom is -0.550 e. The Morgan fingerprint density at radius 2 is 1.79 bits per heavy atom. The molecule has 0 radical (unpaired) electrons. The van der Waals surface area contributed by atoms with E-state index in [0.717, 1.165) is 32.1 Å². The predicted molar refractivity (Wildman–Crippen MR) is 106 cm³/mol. The quantitative estimate of drug-likeness (QED) is 0.642. The second kappa shape index (κ2) is 8.73. The van der Waals surface area contributed by atoms with Gasteiger partial charge in [0.15, 0.2) is 0 Å². The topological polar surface area (TPSA) is 80.6 Å². The van der Waals surface area contributed by atoms with E-state index in [4.69, 9.17) is 0 Å². The molecule has 160 valence electrons. The average Bonchev–Trinajstić information content (AvgIpc) is 3.00. The fourth-order valence-corrected chi connectivity index (χ4v) is 8.71. The van der Waals surface area contributed by atoms with Crippen LogP contribution in [-0.2, 0) is 4.79 Å². The zero-order valence-electron chi connectivity index (χ0n) is 18.9. The second-order valence-electron chi connectivity index (χ2n) is 11.3. The zero-order valence-corrected chi connectivity index (χ0v) is 20.9. The molecule has 0 aromatic heterocycles. The van der Waals surface area contributed by atoms with Crippen molar-refractivity contribution in [3.8, 4) is 0 Å². The number of carboxylic acids is 1. The fraction of sp³-hybridized carbons (Fsp3) is 0.958. The van der Waals surface area contributed by atoms with Crippen molar-refractivity contribution in [2.24, 2.45) is 46.3 Å². The van der Waals surface area contributed by atoms with Crippen LogP contribution >= 0.6 is 0 Å². The summed E-state index contributed by atoms with van der Waals surface area (Å²) in [6.07, 6.45) is 8.98. The van der Waals surface area contributed by atoms with Gasteiger partial charge in [-0.2, -0.15) is 0 Å². The molecule has 10 atom stereocenters. The van der Waals surface area contributed by atoms with Crippen molar-refractivity contribution in [1.29, 1.82) is 0 Å². The number of hydrogen-bond acceptors (Lipinski definition) is 4. The molecule has 4 nitrogen and oxygen atoms in total. The summed E-state index contributed by atoms with van der Waals surface area (Å²) in [6, 6.07) is 0. The summed E-state index contributed by atoms with van der Waals surface area (Å²) in [5.74, 6) is 2.19. The molecule has 4 saturated carbocycles. The Hall–Kier alpha value is 0.390. The van der Waals surface area contributed by atoms with Gasteiger partial charge in [-0.1, -0.05) is 20.8 Å². The minimum absolute atomic E-state index is 0. The van der Waals surface area contributed by atoms with E-state index in [2.05, 4.69) is 20.8 Å². The standard InChI is InChI=1S/C24H40O4.Na/c1-14(4-9-22(27)28)18-7-8-19-17-6-5-15-12-16(25)10-11-23(15,2)20(17)13-21(26)24(18,19)3;/h14-21,25-26H,4-13H2,1-3H3,(H,27,28);/q;+1/p-1/t14-,15?,16?,17+,18-,19+,20+,21?,23+,24-;/m1./s1. The van der Waals surface area contributed by atoms with Crippen molar-refractivity contribution < 1.29 is 49.7 Å². The fourth-order valence-electron chi connectivity index (χ4n) is 8.71. The van der Waals surface area contributed by atoms with Crippen LogP contribution < -0.4 is 34.7 Å². The van der Waals surface area contributed by atoms with E-state index in [-0.39, 0.29) is 59.0 Å². The third kappa shape index (κ3) is 3.88. The molecule has 3 unspecified atom stereocenters. The van der Waals surface area contributed by atoms with Crippen LogP contribution in [0.4, 0.5) is 0 Å². The molecule has 0 aromatic carbocycles. The summed E-state index contributed by atoms with van der Waals surface area (Å²) in [6.45, 7) is 6.94. The van der Waals surface area contributed by atoms with Crippen molar-refractivity contribution in [3.05, 3.63) is 0 Å². The zero-order chi connectivity index (χ0) is 20.3. The van der Waals surface area contributed by atoms with E-state index < -0.39 is 5.97 Å². The number of hydrogen-bond donors (Lipinski definition) is 2. The number of rotatable bonds is 4. The van der Waals surface area contributed by atoms with Crippen LogP contribution in [0.3, 0.4) is 0 Å². The second-order valence-corrected chi connectivity index (χ2v) is 11.3. The van der Waals surface area contributed by atoms with Crippen molar-refractivity contribution in [1.82, 2.24) is 0 Å². The molecule has 0 spiro atoms. The predicted octanol–water partition coefficient (Wildman–Crippen LogP) is 0.147. The Bertz CT molecular complexity index is 612. The summed E-state index contributed by atoms with van der Waals surface area (Å²) in [4.78, 5) is 10.9. The molecule has 29 heavy (non-hydrogen) atoms. The van der Waals surface area contributed by atoms with Gasteiger partial charge < -0.3 is 20.1 Å². The van der Waals surface area contributed by atoms with Crippen LogP contribution in [0.2, 0.25) is 0 Å². The molecule has 4 aliphatic carbocycles. The third-order valence-corrected chi connectivity index (χ3v) is 10.3. The Morgan fingerprint density at radius 3 is 2.48 bits per heavy atom. The number of fused-ring (bicyclic) bond motifs is 5. The van der Waals surface area contributed by atoms with E-state index in [9.17, 15) is 20.1 Å². The van der Waals surface area contributed by atoms with E-state index >= 15 is 0 Å². The average molecular weight is 415 g/mol. The number of aliphatic hydroxyl groups is 2. The number of aliphatic carboxylic acids is 1. The maximum absolute atomic E-state index is 11.5. The summed E-state index contributed by atoms with van der Waals surface area (Å²) in [7, 11) is 0. The van der Waals surface area contributed by atoms with E-state index in [1.54, 1.807) is 0 Å². The smallest absolute Gasteiger partial charge is 0.550 e. The van der Waals surface area contributed by atoms with Crippen molar-refractivity contribution in [2.75, 3.05) is 0 Å². The minimum atomic E-state index is -0.957. The van der Waals surface area contributed by atoms with Gasteiger partial charge in [-0.25, -0.2) is 0 Å². The molecule has 0 saturated heterocycles. The Balaban J connectivity index is 0.00000240. The molecule has 0 amide bonds. The molecule has 0 aromatic rings. The van der Waals surface area contributed by atoms with Crippen molar-refractivity contribution in [2.45, 2.75) is 97.2 Å². The summed E-state index contributed by atoms with van der Waals surface area (Å²) >= 11 is 0. The maximum atomic E-state index is 11.5. The van der Waals surface area contributed by atoms with E-state index in [1.165, 1.54) is 19.3 Å². The number of carbonyl (C=O) groups excluding carboxylic acids is 1. The SMILES string of the molecule is C[C@H](CCC(=O)[O-])[C@H]1CC[C@H]2[C@@H]3CCC4CC(O)CC[C@]4(C)[C@H]3CC(O)[C@]12C.[Na+]. The molecular formula is C24H39NaO4. The van der Waals surface area contributed by atoms with Gasteiger partial charge in [0.1, 0.15) is 0 Å². The molecule has 0 aliphatic heterocycles. The van der Waals surface area contributed by atoms with Crippen molar-refractivity contribution >= 4 is 5.97 Å². The summed E-state index contributed by atoms with van der Waals surface area (Å²) in [5.41, 5.74) is 0.188. The monoisotopic (exact) mass is 414 g/mol. The molecule has 2 N–H and O–H groups in total. The molecule has 5 heteroatoms. The van der Waals surface area contributed by atoms with Gasteiger partial charge in [0.05, 0.1) is 12.2 Å². The van der Waals surface area contributed by atoms with E-state index in [0.29, 0.717) is 41.9 Å². The van der Waals surface area contributed by atoms with Gasteiger partial charge >= 0.3 is 29.6 Å². The van der Waals surface area contributed by atoms with Crippen LogP contribution in [0, 0.1) is 46.3 Å². The first-order chi connectivity index (χ1) is 13.2. The van der Waals surface area contributed by atoms with Gasteiger partial charge in [-0.15, -0.1) is 0 Å². The van der Waals surface area contributed by atoms with Gasteiger partial charge in [0.25, 0.3) is 0 Å². The number of carbonyl (C=O) groups is 1. The van der Waals surface area contributed by atoms with Crippen LogP contribution in [-0.4, -0.2) is 28.4 Å². The van der Waals surface area contributed by atoms with Gasteiger partial charge in [0.2, 0.25) is 0 Å². The van der Waals surface area contributed by atoms with Gasteiger partial charge in [-0.3, -0.25) is 0 Å². The van der Waals surface area contributed by atoms with Crippen LogP contribution in [0.15, 0.2) is 0 Å². The van der Waals surface area contributed by atoms with Crippen molar-refractivity contribution in [3.63, 3.8) is 0 Å².